The van der Waals surface area contributed by atoms with Crippen molar-refractivity contribution in [1.29, 1.82) is 0 Å². The summed E-state index contributed by atoms with van der Waals surface area (Å²) in [6, 6.07) is 16.3. The van der Waals surface area contributed by atoms with Gasteiger partial charge >= 0.3 is 0 Å². The molecule has 0 aromatic heterocycles. The SMILES string of the molecule is O=C(/C=C/c1ccc(C(=O)NC2CCCCO2)cc1)c1ccccc1. The number of allylic oxidation sites excluding steroid dienone is 1. The first-order valence-electron chi connectivity index (χ1n) is 8.52. The van der Waals surface area contributed by atoms with Crippen molar-refractivity contribution in [3.05, 3.63) is 77.4 Å². The van der Waals surface area contributed by atoms with Crippen LogP contribution in [0.15, 0.2) is 60.7 Å². The summed E-state index contributed by atoms with van der Waals surface area (Å²) in [4.78, 5) is 24.3. The monoisotopic (exact) mass is 335 g/mol. The van der Waals surface area contributed by atoms with Gasteiger partial charge in [-0.1, -0.05) is 48.5 Å². The molecule has 1 fully saturated rings. The molecule has 0 aliphatic carbocycles. The standard InChI is InChI=1S/C21H21NO3/c23-19(17-6-2-1-3-7-17)14-11-16-9-12-18(13-10-16)21(24)22-20-8-4-5-15-25-20/h1-3,6-7,9-14,20H,4-5,8,15H2,(H,22,24)/b14-11+. The van der Waals surface area contributed by atoms with Crippen LogP contribution in [0.4, 0.5) is 0 Å². The van der Waals surface area contributed by atoms with E-state index >= 15 is 0 Å². The maximum Gasteiger partial charge on any atom is 0.253 e. The third-order valence-electron chi connectivity index (χ3n) is 4.13. The summed E-state index contributed by atoms with van der Waals surface area (Å²) in [5.74, 6) is -0.181. The van der Waals surface area contributed by atoms with Crippen LogP contribution in [-0.2, 0) is 4.74 Å². The quantitative estimate of drug-likeness (QED) is 0.667. The molecular formula is C21H21NO3. The highest BCUT2D eigenvalue weighted by atomic mass is 16.5. The second-order valence-electron chi connectivity index (χ2n) is 6.01. The zero-order valence-electron chi connectivity index (χ0n) is 14.0. The van der Waals surface area contributed by atoms with E-state index in [1.54, 1.807) is 36.4 Å². The Morgan fingerprint density at radius 3 is 2.40 bits per heavy atom. The largest absolute Gasteiger partial charge is 0.359 e. The average Bonchev–Trinajstić information content (AvgIpc) is 2.68. The molecule has 4 heteroatoms. The zero-order valence-corrected chi connectivity index (χ0v) is 14.0. The van der Waals surface area contributed by atoms with Gasteiger partial charge in [0.05, 0.1) is 0 Å². The third-order valence-corrected chi connectivity index (χ3v) is 4.13. The lowest BCUT2D eigenvalue weighted by molar-refractivity contribution is -0.00266. The van der Waals surface area contributed by atoms with E-state index in [2.05, 4.69) is 5.32 Å². The first-order chi connectivity index (χ1) is 12.2. The van der Waals surface area contributed by atoms with Crippen LogP contribution in [0.3, 0.4) is 0 Å². The lowest BCUT2D eigenvalue weighted by Crippen LogP contribution is -2.38. The maximum atomic E-state index is 12.2. The lowest BCUT2D eigenvalue weighted by Gasteiger charge is -2.23. The van der Waals surface area contributed by atoms with Crippen molar-refractivity contribution in [3.63, 3.8) is 0 Å². The Morgan fingerprint density at radius 1 is 0.960 bits per heavy atom. The van der Waals surface area contributed by atoms with Gasteiger partial charge in [-0.2, -0.15) is 0 Å². The second kappa shape index (κ2) is 8.40. The first kappa shape index (κ1) is 17.1. The first-order valence-corrected chi connectivity index (χ1v) is 8.52. The summed E-state index contributed by atoms with van der Waals surface area (Å²) in [6.07, 6.45) is 6.08. The van der Waals surface area contributed by atoms with E-state index in [4.69, 9.17) is 4.74 Å². The van der Waals surface area contributed by atoms with Crippen LogP contribution >= 0.6 is 0 Å². The van der Waals surface area contributed by atoms with Crippen molar-refractivity contribution >= 4 is 17.8 Å². The number of carbonyl (C=O) groups excluding carboxylic acids is 2. The number of rotatable bonds is 5. The van der Waals surface area contributed by atoms with Crippen molar-refractivity contribution < 1.29 is 14.3 Å². The summed E-state index contributed by atoms with van der Waals surface area (Å²) in [6.45, 7) is 0.699. The molecule has 1 N–H and O–H groups in total. The molecule has 4 nitrogen and oxygen atoms in total. The summed E-state index contributed by atoms with van der Waals surface area (Å²) < 4.78 is 5.52. The van der Waals surface area contributed by atoms with Gasteiger partial charge in [-0.3, -0.25) is 9.59 Å². The van der Waals surface area contributed by atoms with Gasteiger partial charge in [-0.25, -0.2) is 0 Å². The molecule has 1 atom stereocenters. The molecular weight excluding hydrogens is 314 g/mol. The molecule has 0 radical (unpaired) electrons. The van der Waals surface area contributed by atoms with Gasteiger partial charge in [0.1, 0.15) is 6.23 Å². The molecule has 128 valence electrons. The molecule has 3 rings (SSSR count). The highest BCUT2D eigenvalue weighted by molar-refractivity contribution is 6.06. The van der Waals surface area contributed by atoms with E-state index in [9.17, 15) is 9.59 Å². The van der Waals surface area contributed by atoms with Gasteiger partial charge in [-0.15, -0.1) is 0 Å². The van der Waals surface area contributed by atoms with Crippen LogP contribution in [0.5, 0.6) is 0 Å². The minimum absolute atomic E-state index is 0.0446. The molecule has 0 saturated carbocycles. The Bertz CT molecular complexity index is 744. The molecule has 25 heavy (non-hydrogen) atoms. The molecule has 0 bridgehead atoms. The molecule has 2 aromatic rings. The fourth-order valence-corrected chi connectivity index (χ4v) is 2.70. The molecule has 0 spiro atoms. The topological polar surface area (TPSA) is 55.4 Å². The van der Waals surface area contributed by atoms with Gasteiger partial charge in [-0.05, 0) is 43.0 Å². The Hall–Kier alpha value is -2.72. The number of nitrogens with one attached hydrogen (secondary N) is 1. The minimum atomic E-state index is -0.190. The van der Waals surface area contributed by atoms with Crippen molar-refractivity contribution in [3.8, 4) is 0 Å². The van der Waals surface area contributed by atoms with Crippen LogP contribution in [0, 0.1) is 0 Å². The number of hydrogen-bond acceptors (Lipinski definition) is 3. The summed E-state index contributed by atoms with van der Waals surface area (Å²) in [5, 5.41) is 2.89. The van der Waals surface area contributed by atoms with Crippen LogP contribution in [-0.4, -0.2) is 24.5 Å². The number of ketones is 1. The Morgan fingerprint density at radius 2 is 1.72 bits per heavy atom. The summed E-state index contributed by atoms with van der Waals surface area (Å²) in [7, 11) is 0. The molecule has 1 aliphatic heterocycles. The van der Waals surface area contributed by atoms with E-state index in [1.807, 2.05) is 30.3 Å². The second-order valence-corrected chi connectivity index (χ2v) is 6.01. The molecule has 1 aliphatic rings. The van der Waals surface area contributed by atoms with Crippen molar-refractivity contribution in [2.24, 2.45) is 0 Å². The van der Waals surface area contributed by atoms with Gasteiger partial charge in [0, 0.05) is 17.7 Å². The average molecular weight is 335 g/mol. The Balaban J connectivity index is 1.59. The number of hydrogen-bond donors (Lipinski definition) is 1. The van der Waals surface area contributed by atoms with E-state index in [0.717, 1.165) is 24.8 Å². The molecule has 2 aromatic carbocycles. The Labute approximate surface area is 147 Å². The predicted molar refractivity (Wildman–Crippen MR) is 97.3 cm³/mol. The van der Waals surface area contributed by atoms with Gasteiger partial charge < -0.3 is 10.1 Å². The molecule has 1 unspecified atom stereocenters. The summed E-state index contributed by atoms with van der Waals surface area (Å²) >= 11 is 0. The van der Waals surface area contributed by atoms with E-state index in [-0.39, 0.29) is 17.9 Å². The van der Waals surface area contributed by atoms with Crippen molar-refractivity contribution in [1.82, 2.24) is 5.32 Å². The number of amides is 1. The maximum absolute atomic E-state index is 12.2. The Kier molecular flexibility index (Phi) is 5.75. The molecule has 1 heterocycles. The number of carbonyl (C=O) groups is 2. The predicted octanol–water partition coefficient (Wildman–Crippen LogP) is 3.84. The fraction of sp³-hybridized carbons (Fsp3) is 0.238. The minimum Gasteiger partial charge on any atom is -0.359 e. The van der Waals surface area contributed by atoms with E-state index in [0.29, 0.717) is 17.7 Å². The van der Waals surface area contributed by atoms with Gasteiger partial charge in [0.2, 0.25) is 0 Å². The smallest absolute Gasteiger partial charge is 0.253 e. The van der Waals surface area contributed by atoms with Crippen molar-refractivity contribution in [2.45, 2.75) is 25.5 Å². The fourth-order valence-electron chi connectivity index (χ4n) is 2.70. The normalized spacial score (nSPS) is 17.4. The number of benzene rings is 2. The van der Waals surface area contributed by atoms with Crippen LogP contribution < -0.4 is 5.32 Å². The van der Waals surface area contributed by atoms with Crippen LogP contribution in [0.25, 0.3) is 6.08 Å². The van der Waals surface area contributed by atoms with Crippen LogP contribution in [0.1, 0.15) is 45.5 Å². The highest BCUT2D eigenvalue weighted by Crippen LogP contribution is 2.12. The lowest BCUT2D eigenvalue weighted by atomic mass is 10.1. The number of ether oxygens (including phenoxy) is 1. The van der Waals surface area contributed by atoms with E-state index in [1.165, 1.54) is 0 Å². The van der Waals surface area contributed by atoms with E-state index < -0.39 is 0 Å². The zero-order chi connectivity index (χ0) is 17.5. The molecule has 1 amide bonds. The highest BCUT2D eigenvalue weighted by Gasteiger charge is 2.16. The molecule has 1 saturated heterocycles. The van der Waals surface area contributed by atoms with Gasteiger partial charge in [0.25, 0.3) is 5.91 Å². The van der Waals surface area contributed by atoms with Crippen molar-refractivity contribution in [2.75, 3.05) is 6.61 Å². The van der Waals surface area contributed by atoms with Gasteiger partial charge in [0.15, 0.2) is 5.78 Å². The van der Waals surface area contributed by atoms with Crippen LogP contribution in [0.2, 0.25) is 0 Å². The third kappa shape index (κ3) is 4.88. The summed E-state index contributed by atoms with van der Waals surface area (Å²) in [5.41, 5.74) is 2.11.